The lowest BCUT2D eigenvalue weighted by atomic mass is 10.3. The van der Waals surface area contributed by atoms with Crippen molar-refractivity contribution in [3.63, 3.8) is 0 Å². The van der Waals surface area contributed by atoms with Gasteiger partial charge in [-0.25, -0.2) is 4.68 Å². The maximum atomic E-state index is 12.1. The second-order valence-corrected chi connectivity index (χ2v) is 4.29. The molecule has 0 unspecified atom stereocenters. The third kappa shape index (κ3) is 3.68. The summed E-state index contributed by atoms with van der Waals surface area (Å²) in [6.07, 6.45) is -3.58. The molecule has 0 radical (unpaired) electrons. The Morgan fingerprint density at radius 3 is 2.36 bits per heavy atom. The van der Waals surface area contributed by atoms with Crippen LogP contribution in [0.5, 0.6) is 17.4 Å². The van der Waals surface area contributed by atoms with Crippen LogP contribution < -0.4 is 9.47 Å². The monoisotopic (exact) mass is 315 g/mol. The molecule has 1 aromatic carbocycles. The minimum Gasteiger partial charge on any atom is -0.439 e. The number of alkyl halides is 3. The SMILES string of the molecule is Cc1nn(C)c(Oc2ccc(OC(F)(F)F)cc2)c1/C=N/O. The van der Waals surface area contributed by atoms with Crippen molar-refractivity contribution in [2.24, 2.45) is 12.2 Å². The summed E-state index contributed by atoms with van der Waals surface area (Å²) in [6.45, 7) is 1.70. The van der Waals surface area contributed by atoms with Crippen molar-refractivity contribution in [1.29, 1.82) is 0 Å². The first-order valence-electron chi connectivity index (χ1n) is 6.05. The molecular formula is C13H12F3N3O3. The van der Waals surface area contributed by atoms with Gasteiger partial charge in [0.2, 0.25) is 5.88 Å². The maximum absolute atomic E-state index is 12.1. The Labute approximate surface area is 123 Å². The van der Waals surface area contributed by atoms with Crippen LogP contribution in [-0.2, 0) is 7.05 Å². The molecule has 0 aliphatic carbocycles. The number of ether oxygens (including phenoxy) is 2. The predicted octanol–water partition coefficient (Wildman–Crippen LogP) is 3.23. The molecule has 0 atom stereocenters. The Bertz CT molecular complexity index is 678. The van der Waals surface area contributed by atoms with E-state index in [-0.39, 0.29) is 11.5 Å². The largest absolute Gasteiger partial charge is 0.573 e. The zero-order valence-corrected chi connectivity index (χ0v) is 11.6. The van der Waals surface area contributed by atoms with Gasteiger partial charge in [-0.05, 0) is 31.2 Å². The van der Waals surface area contributed by atoms with Crippen LogP contribution in [0.4, 0.5) is 13.2 Å². The number of rotatable bonds is 4. The Hall–Kier alpha value is -2.71. The van der Waals surface area contributed by atoms with Crippen molar-refractivity contribution in [3.8, 4) is 17.4 Å². The number of nitrogens with zero attached hydrogens (tertiary/aromatic N) is 3. The molecule has 0 bridgehead atoms. The third-order valence-electron chi connectivity index (χ3n) is 2.67. The molecule has 6 nitrogen and oxygen atoms in total. The number of aromatic nitrogens is 2. The molecule has 118 valence electrons. The smallest absolute Gasteiger partial charge is 0.439 e. The van der Waals surface area contributed by atoms with Crippen LogP contribution in [0.25, 0.3) is 0 Å². The summed E-state index contributed by atoms with van der Waals surface area (Å²) in [7, 11) is 1.62. The molecule has 0 aliphatic heterocycles. The zero-order valence-electron chi connectivity index (χ0n) is 11.6. The predicted molar refractivity (Wildman–Crippen MR) is 70.5 cm³/mol. The number of hydrogen-bond acceptors (Lipinski definition) is 5. The number of hydrogen-bond donors (Lipinski definition) is 1. The lowest BCUT2D eigenvalue weighted by Gasteiger charge is -2.10. The van der Waals surface area contributed by atoms with Gasteiger partial charge in [0.15, 0.2) is 0 Å². The Morgan fingerprint density at radius 1 is 1.23 bits per heavy atom. The minimum absolute atomic E-state index is 0.283. The summed E-state index contributed by atoms with van der Waals surface area (Å²) in [6, 6.07) is 4.91. The molecule has 22 heavy (non-hydrogen) atoms. The van der Waals surface area contributed by atoms with Gasteiger partial charge in [0.25, 0.3) is 0 Å². The van der Waals surface area contributed by atoms with E-state index in [9.17, 15) is 13.2 Å². The fourth-order valence-corrected chi connectivity index (χ4v) is 1.80. The second kappa shape index (κ2) is 5.96. The van der Waals surface area contributed by atoms with Crippen molar-refractivity contribution in [2.75, 3.05) is 0 Å². The summed E-state index contributed by atoms with van der Waals surface area (Å²) in [4.78, 5) is 0. The number of aryl methyl sites for hydroxylation is 2. The highest BCUT2D eigenvalue weighted by molar-refractivity contribution is 5.84. The van der Waals surface area contributed by atoms with Gasteiger partial charge in [0.1, 0.15) is 11.5 Å². The molecule has 2 aromatic rings. The molecule has 1 N–H and O–H groups in total. The summed E-state index contributed by atoms with van der Waals surface area (Å²) in [5, 5.41) is 15.7. The Balaban J connectivity index is 2.21. The van der Waals surface area contributed by atoms with E-state index in [1.807, 2.05) is 0 Å². The van der Waals surface area contributed by atoms with E-state index in [2.05, 4.69) is 15.0 Å². The summed E-state index contributed by atoms with van der Waals surface area (Å²) in [5.74, 6) is 0.225. The first-order valence-corrected chi connectivity index (χ1v) is 6.05. The zero-order chi connectivity index (χ0) is 16.3. The Kier molecular flexibility index (Phi) is 4.25. The molecule has 0 fully saturated rings. The van der Waals surface area contributed by atoms with Crippen LogP contribution in [0.1, 0.15) is 11.3 Å². The van der Waals surface area contributed by atoms with Crippen molar-refractivity contribution >= 4 is 6.21 Å². The van der Waals surface area contributed by atoms with Gasteiger partial charge in [0.05, 0.1) is 17.5 Å². The van der Waals surface area contributed by atoms with E-state index < -0.39 is 6.36 Å². The molecule has 0 aliphatic rings. The topological polar surface area (TPSA) is 68.9 Å². The number of halogens is 3. The van der Waals surface area contributed by atoms with Gasteiger partial charge < -0.3 is 14.7 Å². The van der Waals surface area contributed by atoms with Gasteiger partial charge in [-0.15, -0.1) is 13.2 Å². The average Bonchev–Trinajstić information content (AvgIpc) is 2.67. The number of oxime groups is 1. The molecule has 1 aromatic heterocycles. The van der Waals surface area contributed by atoms with Crippen molar-refractivity contribution in [2.45, 2.75) is 13.3 Å². The second-order valence-electron chi connectivity index (χ2n) is 4.29. The van der Waals surface area contributed by atoms with E-state index in [1.165, 1.54) is 23.0 Å². The van der Waals surface area contributed by atoms with Crippen molar-refractivity contribution in [3.05, 3.63) is 35.5 Å². The highest BCUT2D eigenvalue weighted by Gasteiger charge is 2.31. The van der Waals surface area contributed by atoms with Crippen molar-refractivity contribution < 1.29 is 27.9 Å². The first kappa shape index (κ1) is 15.7. The molecule has 9 heteroatoms. The van der Waals surface area contributed by atoms with E-state index in [4.69, 9.17) is 9.94 Å². The summed E-state index contributed by atoms with van der Waals surface area (Å²) >= 11 is 0. The van der Waals surface area contributed by atoms with Crippen molar-refractivity contribution in [1.82, 2.24) is 9.78 Å². The van der Waals surface area contributed by atoms with Gasteiger partial charge in [-0.1, -0.05) is 5.16 Å². The quantitative estimate of drug-likeness (QED) is 0.534. The van der Waals surface area contributed by atoms with Gasteiger partial charge in [-0.2, -0.15) is 5.10 Å². The van der Waals surface area contributed by atoms with Crippen LogP contribution in [0.3, 0.4) is 0 Å². The van der Waals surface area contributed by atoms with Crippen LogP contribution in [-0.4, -0.2) is 27.6 Å². The van der Waals surface area contributed by atoms with E-state index in [0.29, 0.717) is 17.1 Å². The van der Waals surface area contributed by atoms with E-state index in [0.717, 1.165) is 12.1 Å². The molecular weight excluding hydrogens is 303 g/mol. The fraction of sp³-hybridized carbons (Fsp3) is 0.231. The molecule has 0 amide bonds. The molecule has 0 saturated carbocycles. The van der Waals surface area contributed by atoms with Gasteiger partial charge in [0, 0.05) is 7.05 Å². The first-order chi connectivity index (χ1) is 10.3. The minimum atomic E-state index is -4.74. The third-order valence-corrected chi connectivity index (χ3v) is 2.67. The fourth-order valence-electron chi connectivity index (χ4n) is 1.80. The average molecular weight is 315 g/mol. The van der Waals surface area contributed by atoms with E-state index in [1.54, 1.807) is 14.0 Å². The normalized spacial score (nSPS) is 11.9. The summed E-state index contributed by atoms with van der Waals surface area (Å²) < 4.78 is 47.0. The lowest BCUT2D eigenvalue weighted by molar-refractivity contribution is -0.274. The van der Waals surface area contributed by atoms with Crippen LogP contribution >= 0.6 is 0 Å². The lowest BCUT2D eigenvalue weighted by Crippen LogP contribution is -2.16. The highest BCUT2D eigenvalue weighted by atomic mass is 19.4. The Morgan fingerprint density at radius 2 is 1.82 bits per heavy atom. The van der Waals surface area contributed by atoms with Gasteiger partial charge in [-0.3, -0.25) is 0 Å². The van der Waals surface area contributed by atoms with Crippen LogP contribution in [0, 0.1) is 6.92 Å². The standard InChI is InChI=1S/C13H12F3N3O3/c1-8-11(7-17-20)12(19(2)18-8)21-9-3-5-10(6-4-9)22-13(14,15)16/h3-7,20H,1-2H3/b17-7+. The van der Waals surface area contributed by atoms with Crippen LogP contribution in [0.15, 0.2) is 29.4 Å². The number of benzene rings is 1. The molecule has 0 saturated heterocycles. The molecule has 1 heterocycles. The maximum Gasteiger partial charge on any atom is 0.573 e. The molecule has 0 spiro atoms. The van der Waals surface area contributed by atoms with E-state index >= 15 is 0 Å². The molecule has 2 rings (SSSR count). The summed E-state index contributed by atoms with van der Waals surface area (Å²) in [5.41, 5.74) is 1.04. The highest BCUT2D eigenvalue weighted by Crippen LogP contribution is 2.29. The van der Waals surface area contributed by atoms with Gasteiger partial charge >= 0.3 is 6.36 Å². The van der Waals surface area contributed by atoms with Crippen LogP contribution in [0.2, 0.25) is 0 Å².